The summed E-state index contributed by atoms with van der Waals surface area (Å²) >= 11 is 0. The number of carbonyl (C=O) groups is 1. The van der Waals surface area contributed by atoms with Crippen molar-refractivity contribution in [1.29, 1.82) is 0 Å². The number of rotatable bonds is 5. The fourth-order valence-electron chi connectivity index (χ4n) is 1.24. The van der Waals surface area contributed by atoms with E-state index in [0.29, 0.717) is 0 Å². The van der Waals surface area contributed by atoms with Gasteiger partial charge in [0.15, 0.2) is 6.10 Å². The average molecular weight is 244 g/mol. The first kappa shape index (κ1) is 12.9. The molecule has 2 N–H and O–H groups in total. The summed E-state index contributed by atoms with van der Waals surface area (Å²) in [5, 5.41) is 8.96. The fraction of sp³-hybridized carbons (Fsp3) is 0.300. The summed E-state index contributed by atoms with van der Waals surface area (Å²) < 4.78 is 16.5. The van der Waals surface area contributed by atoms with E-state index in [1.807, 2.05) is 0 Å². The second-order valence-electron chi connectivity index (χ2n) is 3.28. The number of hydrogen-bond acceptors (Lipinski definition) is 3. The zero-order valence-corrected chi connectivity index (χ0v) is 9.63. The van der Waals surface area contributed by atoms with E-state index in [9.17, 15) is 14.3 Å². The zero-order valence-electron chi connectivity index (χ0n) is 8.74. The Labute approximate surface area is 93.1 Å². The van der Waals surface area contributed by atoms with Crippen LogP contribution < -0.4 is 5.30 Å². The molecule has 0 aliphatic rings. The molecule has 0 saturated heterocycles. The average Bonchev–Trinajstić information content (AvgIpc) is 2.27. The third-order valence-electron chi connectivity index (χ3n) is 2.13. The van der Waals surface area contributed by atoms with Crippen LogP contribution >= 0.6 is 7.37 Å². The maximum atomic E-state index is 11.9. The van der Waals surface area contributed by atoms with Crippen LogP contribution in [0.2, 0.25) is 0 Å². The van der Waals surface area contributed by atoms with Crippen LogP contribution in [0.3, 0.4) is 0 Å². The summed E-state index contributed by atoms with van der Waals surface area (Å²) in [7, 11) is -2.48. The van der Waals surface area contributed by atoms with Crippen molar-refractivity contribution in [3.05, 3.63) is 30.3 Å². The third-order valence-corrected chi connectivity index (χ3v) is 4.06. The molecule has 5 nitrogen and oxygen atoms in total. The largest absolute Gasteiger partial charge is 0.479 e. The molecule has 16 heavy (non-hydrogen) atoms. The molecule has 0 amide bonds. The standard InChI is InChI=1S/C10H13O5P/c1-15-9(10(11)12)7-16(13,14)8-5-3-2-4-6-8/h2-6,9H,7H2,1H3,(H,11,12)(H,13,14). The van der Waals surface area contributed by atoms with E-state index >= 15 is 0 Å². The monoisotopic (exact) mass is 244 g/mol. The Balaban J connectivity index is 2.87. The number of benzene rings is 1. The summed E-state index contributed by atoms with van der Waals surface area (Å²) in [5.41, 5.74) is 0. The Morgan fingerprint density at radius 1 is 1.44 bits per heavy atom. The van der Waals surface area contributed by atoms with Gasteiger partial charge in [-0.25, -0.2) is 4.79 Å². The van der Waals surface area contributed by atoms with Gasteiger partial charge >= 0.3 is 5.97 Å². The van der Waals surface area contributed by atoms with Gasteiger partial charge in [0.25, 0.3) is 0 Å². The van der Waals surface area contributed by atoms with E-state index < -0.39 is 25.6 Å². The molecule has 88 valence electrons. The van der Waals surface area contributed by atoms with Crippen molar-refractivity contribution in [2.45, 2.75) is 6.10 Å². The minimum Gasteiger partial charge on any atom is -0.479 e. The van der Waals surface area contributed by atoms with Gasteiger partial charge in [0.1, 0.15) is 0 Å². The molecule has 0 aliphatic carbocycles. The van der Waals surface area contributed by atoms with Crippen LogP contribution in [0.25, 0.3) is 0 Å². The summed E-state index contributed by atoms with van der Waals surface area (Å²) in [4.78, 5) is 20.4. The van der Waals surface area contributed by atoms with E-state index in [2.05, 4.69) is 4.74 Å². The van der Waals surface area contributed by atoms with Gasteiger partial charge in [0, 0.05) is 12.4 Å². The van der Waals surface area contributed by atoms with Crippen molar-refractivity contribution in [3.63, 3.8) is 0 Å². The molecule has 6 heteroatoms. The Bertz CT molecular complexity index is 403. The molecule has 0 aliphatic heterocycles. The normalized spacial score (nSPS) is 16.4. The van der Waals surface area contributed by atoms with E-state index in [1.54, 1.807) is 18.2 Å². The van der Waals surface area contributed by atoms with Crippen molar-refractivity contribution in [2.24, 2.45) is 0 Å². The van der Waals surface area contributed by atoms with Gasteiger partial charge < -0.3 is 14.7 Å². The van der Waals surface area contributed by atoms with Gasteiger partial charge in [-0.2, -0.15) is 0 Å². The van der Waals surface area contributed by atoms with Crippen LogP contribution in [0.1, 0.15) is 0 Å². The number of methoxy groups -OCH3 is 1. The number of ether oxygens (including phenoxy) is 1. The Kier molecular flexibility index (Phi) is 4.24. The summed E-state index contributed by atoms with van der Waals surface area (Å²) in [6.07, 6.45) is -1.70. The first-order valence-electron chi connectivity index (χ1n) is 4.60. The zero-order chi connectivity index (χ0) is 12.2. The molecule has 1 aromatic rings. The van der Waals surface area contributed by atoms with Crippen LogP contribution in [0.15, 0.2) is 30.3 Å². The van der Waals surface area contributed by atoms with E-state index in [-0.39, 0.29) is 5.30 Å². The lowest BCUT2D eigenvalue weighted by Gasteiger charge is -2.16. The van der Waals surface area contributed by atoms with Crippen LogP contribution in [0.5, 0.6) is 0 Å². The number of carboxylic acid groups (broad SMARTS) is 1. The second-order valence-corrected chi connectivity index (χ2v) is 5.57. The predicted octanol–water partition coefficient (Wildman–Crippen LogP) is 0.682. The van der Waals surface area contributed by atoms with Crippen molar-refractivity contribution >= 4 is 18.6 Å². The number of hydrogen-bond donors (Lipinski definition) is 2. The molecular weight excluding hydrogens is 231 g/mol. The Hall–Kier alpha value is -1.16. The molecule has 2 unspecified atom stereocenters. The molecular formula is C10H13O5P. The van der Waals surface area contributed by atoms with Gasteiger partial charge in [-0.05, 0) is 12.1 Å². The predicted molar refractivity (Wildman–Crippen MR) is 59.2 cm³/mol. The lowest BCUT2D eigenvalue weighted by molar-refractivity contribution is -0.147. The van der Waals surface area contributed by atoms with Crippen LogP contribution in [-0.4, -0.2) is 35.3 Å². The van der Waals surface area contributed by atoms with Crippen molar-refractivity contribution in [1.82, 2.24) is 0 Å². The van der Waals surface area contributed by atoms with Gasteiger partial charge in [-0.15, -0.1) is 0 Å². The molecule has 1 rings (SSSR count). The molecule has 0 bridgehead atoms. The Morgan fingerprint density at radius 2 is 2.00 bits per heavy atom. The van der Waals surface area contributed by atoms with Crippen molar-refractivity contribution < 1.29 is 24.1 Å². The second kappa shape index (κ2) is 5.25. The van der Waals surface area contributed by atoms with Crippen LogP contribution in [0.4, 0.5) is 0 Å². The van der Waals surface area contributed by atoms with Crippen LogP contribution in [0, 0.1) is 0 Å². The highest BCUT2D eigenvalue weighted by molar-refractivity contribution is 7.66. The molecule has 0 saturated carbocycles. The fourth-order valence-corrected chi connectivity index (χ4v) is 2.85. The van der Waals surface area contributed by atoms with Crippen LogP contribution in [-0.2, 0) is 14.1 Å². The highest BCUT2D eigenvalue weighted by Crippen LogP contribution is 2.40. The maximum Gasteiger partial charge on any atom is 0.333 e. The van der Waals surface area contributed by atoms with Crippen molar-refractivity contribution in [3.8, 4) is 0 Å². The highest BCUT2D eigenvalue weighted by atomic mass is 31.2. The Morgan fingerprint density at radius 3 is 2.44 bits per heavy atom. The van der Waals surface area contributed by atoms with E-state index in [1.165, 1.54) is 19.2 Å². The first-order valence-corrected chi connectivity index (χ1v) is 6.45. The molecule has 2 atom stereocenters. The minimum absolute atomic E-state index is 0.235. The quantitative estimate of drug-likeness (QED) is 0.744. The van der Waals surface area contributed by atoms with E-state index in [4.69, 9.17) is 5.11 Å². The highest BCUT2D eigenvalue weighted by Gasteiger charge is 2.30. The van der Waals surface area contributed by atoms with Gasteiger partial charge in [0.05, 0.1) is 6.16 Å². The maximum absolute atomic E-state index is 11.9. The van der Waals surface area contributed by atoms with Gasteiger partial charge in [-0.3, -0.25) is 4.57 Å². The molecule has 0 radical (unpaired) electrons. The van der Waals surface area contributed by atoms with Crippen molar-refractivity contribution in [2.75, 3.05) is 13.3 Å². The third kappa shape index (κ3) is 3.17. The van der Waals surface area contributed by atoms with Gasteiger partial charge in [-0.1, -0.05) is 18.2 Å². The topological polar surface area (TPSA) is 83.8 Å². The smallest absolute Gasteiger partial charge is 0.333 e. The SMILES string of the molecule is COC(CP(=O)(O)c1ccccc1)C(=O)O. The van der Waals surface area contributed by atoms with Gasteiger partial charge in [0.2, 0.25) is 7.37 Å². The lowest BCUT2D eigenvalue weighted by atomic mass is 10.4. The minimum atomic E-state index is -3.68. The summed E-state index contributed by atoms with van der Waals surface area (Å²) in [6, 6.07) is 7.96. The first-order chi connectivity index (χ1) is 7.47. The number of aliphatic carboxylic acids is 1. The molecule has 0 aromatic heterocycles. The summed E-state index contributed by atoms with van der Waals surface area (Å²) in [5.74, 6) is -1.24. The molecule has 1 aromatic carbocycles. The lowest BCUT2D eigenvalue weighted by Crippen LogP contribution is -2.28. The van der Waals surface area contributed by atoms with E-state index in [0.717, 1.165) is 0 Å². The molecule has 0 fully saturated rings. The summed E-state index contributed by atoms with van der Waals surface area (Å²) in [6.45, 7) is 0. The molecule has 0 spiro atoms. The molecule has 0 heterocycles. The number of carboxylic acids is 1.